The van der Waals surface area contributed by atoms with Crippen LogP contribution in [-0.2, 0) is 12.1 Å². The lowest BCUT2D eigenvalue weighted by Crippen LogP contribution is -2.23. The second-order valence-corrected chi connectivity index (χ2v) is 6.95. The molecule has 23 heavy (non-hydrogen) atoms. The molecule has 120 valence electrons. The highest BCUT2D eigenvalue weighted by atomic mass is 16.3. The average molecular weight is 308 g/mol. The Labute approximate surface area is 137 Å². The van der Waals surface area contributed by atoms with E-state index < -0.39 is 5.60 Å². The second-order valence-electron chi connectivity index (χ2n) is 6.95. The molecule has 1 aromatic heterocycles. The highest BCUT2D eigenvalue weighted by molar-refractivity contribution is 5.76. The predicted molar refractivity (Wildman–Crippen MR) is 94.7 cm³/mol. The van der Waals surface area contributed by atoms with Gasteiger partial charge in [-0.25, -0.2) is 4.98 Å². The molecular formula is C20H24N2O. The molecule has 1 N–H and O–H groups in total. The van der Waals surface area contributed by atoms with Gasteiger partial charge in [0, 0.05) is 6.54 Å². The molecule has 0 saturated heterocycles. The molecule has 0 aliphatic carbocycles. The predicted octanol–water partition coefficient (Wildman–Crippen LogP) is 4.24. The first-order valence-electron chi connectivity index (χ1n) is 8.02. The van der Waals surface area contributed by atoms with E-state index in [9.17, 15) is 5.11 Å². The summed E-state index contributed by atoms with van der Waals surface area (Å²) in [5.74, 6) is 0.707. The molecule has 0 amide bonds. The molecule has 3 nitrogen and oxygen atoms in total. The van der Waals surface area contributed by atoms with Crippen LogP contribution in [0.5, 0.6) is 0 Å². The number of aliphatic hydroxyl groups is 1. The minimum Gasteiger partial charge on any atom is -0.383 e. The van der Waals surface area contributed by atoms with Gasteiger partial charge in [0.05, 0.1) is 11.0 Å². The molecule has 2 aromatic carbocycles. The molecule has 3 rings (SSSR count). The van der Waals surface area contributed by atoms with Gasteiger partial charge in [0.1, 0.15) is 11.4 Å². The third kappa shape index (κ3) is 2.89. The van der Waals surface area contributed by atoms with Gasteiger partial charge in [-0.3, -0.25) is 0 Å². The van der Waals surface area contributed by atoms with Gasteiger partial charge in [0.25, 0.3) is 0 Å². The number of imidazole rings is 1. The summed E-state index contributed by atoms with van der Waals surface area (Å²) < 4.78 is 2.14. The van der Waals surface area contributed by atoms with Crippen LogP contribution >= 0.6 is 0 Å². The molecule has 1 heterocycles. The fourth-order valence-electron chi connectivity index (χ4n) is 3.32. The lowest BCUT2D eigenvalue weighted by molar-refractivity contribution is 0.0657. The number of hydrogen-bond acceptors (Lipinski definition) is 2. The molecule has 0 fully saturated rings. The first-order valence-corrected chi connectivity index (χ1v) is 8.02. The van der Waals surface area contributed by atoms with Crippen molar-refractivity contribution >= 4 is 11.0 Å². The van der Waals surface area contributed by atoms with E-state index in [0.717, 1.165) is 17.6 Å². The van der Waals surface area contributed by atoms with E-state index in [4.69, 9.17) is 0 Å². The Balaban J connectivity index is 2.20. The van der Waals surface area contributed by atoms with Gasteiger partial charge in [0.2, 0.25) is 0 Å². The van der Waals surface area contributed by atoms with E-state index in [2.05, 4.69) is 48.5 Å². The van der Waals surface area contributed by atoms with Crippen molar-refractivity contribution in [1.82, 2.24) is 9.55 Å². The monoisotopic (exact) mass is 308 g/mol. The van der Waals surface area contributed by atoms with E-state index in [1.807, 2.05) is 18.2 Å². The van der Waals surface area contributed by atoms with Crippen LogP contribution in [0.3, 0.4) is 0 Å². The summed E-state index contributed by atoms with van der Waals surface area (Å²) in [5.41, 5.74) is 6.14. The summed E-state index contributed by atoms with van der Waals surface area (Å²) in [7, 11) is 0. The maximum absolute atomic E-state index is 10.5. The van der Waals surface area contributed by atoms with Gasteiger partial charge in [0.15, 0.2) is 0 Å². The average Bonchev–Trinajstić information content (AvgIpc) is 2.81. The first kappa shape index (κ1) is 15.8. The minimum absolute atomic E-state index is 0.707. The van der Waals surface area contributed by atoms with Crippen molar-refractivity contribution < 1.29 is 5.11 Å². The fraction of sp³-hybridized carbons (Fsp3) is 0.350. The first-order chi connectivity index (χ1) is 10.8. The van der Waals surface area contributed by atoms with Crippen molar-refractivity contribution in [1.29, 1.82) is 0 Å². The van der Waals surface area contributed by atoms with E-state index in [1.165, 1.54) is 22.3 Å². The van der Waals surface area contributed by atoms with Gasteiger partial charge in [-0.05, 0) is 63.4 Å². The van der Waals surface area contributed by atoms with Crippen LogP contribution in [0.15, 0.2) is 36.4 Å². The summed E-state index contributed by atoms with van der Waals surface area (Å²) in [6.07, 6.45) is 0. The third-order valence-corrected chi connectivity index (χ3v) is 4.36. The maximum atomic E-state index is 10.5. The number of fused-ring (bicyclic) bond motifs is 1. The number of benzene rings is 2. The summed E-state index contributed by atoms with van der Waals surface area (Å²) in [6.45, 7) is 10.7. The number of nitrogens with zero attached hydrogens (tertiary/aromatic N) is 2. The van der Waals surface area contributed by atoms with Crippen molar-refractivity contribution in [3.63, 3.8) is 0 Å². The van der Waals surface area contributed by atoms with Gasteiger partial charge in [-0.15, -0.1) is 0 Å². The summed E-state index contributed by atoms with van der Waals surface area (Å²) in [5, 5.41) is 10.5. The number of aromatic nitrogens is 2. The van der Waals surface area contributed by atoms with E-state index in [-0.39, 0.29) is 0 Å². The molecule has 0 aliphatic heterocycles. The Morgan fingerprint density at radius 3 is 2.26 bits per heavy atom. The maximum Gasteiger partial charge on any atom is 0.141 e. The Kier molecular flexibility index (Phi) is 3.77. The molecule has 0 atom stereocenters. The summed E-state index contributed by atoms with van der Waals surface area (Å²) >= 11 is 0. The molecule has 0 radical (unpaired) electrons. The molecule has 3 aromatic rings. The van der Waals surface area contributed by atoms with E-state index >= 15 is 0 Å². The van der Waals surface area contributed by atoms with Crippen molar-refractivity contribution in [2.45, 2.75) is 46.8 Å². The normalized spacial score (nSPS) is 12.1. The van der Waals surface area contributed by atoms with Gasteiger partial charge < -0.3 is 9.67 Å². The largest absolute Gasteiger partial charge is 0.383 e. The molecule has 3 heteroatoms. The second kappa shape index (κ2) is 5.50. The van der Waals surface area contributed by atoms with Crippen molar-refractivity contribution in [2.24, 2.45) is 0 Å². The topological polar surface area (TPSA) is 38.0 Å². The zero-order valence-corrected chi connectivity index (χ0v) is 14.5. The molecule has 0 saturated carbocycles. The summed E-state index contributed by atoms with van der Waals surface area (Å²) in [6, 6.07) is 12.5. The van der Waals surface area contributed by atoms with E-state index in [1.54, 1.807) is 13.8 Å². The smallest absolute Gasteiger partial charge is 0.141 e. The van der Waals surface area contributed by atoms with Crippen LogP contribution in [-0.4, -0.2) is 14.7 Å². The Bertz CT molecular complexity index is 846. The van der Waals surface area contributed by atoms with Crippen molar-refractivity contribution in [3.05, 3.63) is 64.5 Å². The van der Waals surface area contributed by atoms with Crippen LogP contribution in [0.1, 0.15) is 41.9 Å². The van der Waals surface area contributed by atoms with Crippen molar-refractivity contribution in [2.75, 3.05) is 0 Å². The zero-order valence-electron chi connectivity index (χ0n) is 14.5. The van der Waals surface area contributed by atoms with Crippen LogP contribution in [0.2, 0.25) is 0 Å². The van der Waals surface area contributed by atoms with Gasteiger partial charge in [-0.2, -0.15) is 0 Å². The standard InChI is InChI=1S/C20H24N2O/c1-13-10-14(2)16(15(3)11-13)12-22-18-9-7-6-8-17(18)21-19(22)20(4,5)23/h6-11,23H,12H2,1-5H3. The van der Waals surface area contributed by atoms with Gasteiger partial charge in [-0.1, -0.05) is 29.8 Å². The molecule has 0 aliphatic rings. The molecular weight excluding hydrogens is 284 g/mol. The lowest BCUT2D eigenvalue weighted by atomic mass is 9.99. The number of para-hydroxylation sites is 2. The minimum atomic E-state index is -0.981. The van der Waals surface area contributed by atoms with Crippen LogP contribution in [0.25, 0.3) is 11.0 Å². The lowest BCUT2D eigenvalue weighted by Gasteiger charge is -2.21. The fourth-order valence-corrected chi connectivity index (χ4v) is 3.32. The quantitative estimate of drug-likeness (QED) is 0.786. The molecule has 0 spiro atoms. The molecule has 0 bridgehead atoms. The Morgan fingerprint density at radius 2 is 1.65 bits per heavy atom. The highest BCUT2D eigenvalue weighted by Gasteiger charge is 2.25. The molecule has 0 unspecified atom stereocenters. The van der Waals surface area contributed by atoms with E-state index in [0.29, 0.717) is 5.82 Å². The third-order valence-electron chi connectivity index (χ3n) is 4.36. The summed E-state index contributed by atoms with van der Waals surface area (Å²) in [4.78, 5) is 4.67. The SMILES string of the molecule is Cc1cc(C)c(Cn2c(C(C)(C)O)nc3ccccc32)c(C)c1. The van der Waals surface area contributed by atoms with Crippen LogP contribution in [0.4, 0.5) is 0 Å². The van der Waals surface area contributed by atoms with Crippen LogP contribution < -0.4 is 0 Å². The van der Waals surface area contributed by atoms with Crippen molar-refractivity contribution in [3.8, 4) is 0 Å². The van der Waals surface area contributed by atoms with Crippen LogP contribution in [0, 0.1) is 20.8 Å². The van der Waals surface area contributed by atoms with Gasteiger partial charge >= 0.3 is 0 Å². The number of rotatable bonds is 3. The number of hydrogen-bond donors (Lipinski definition) is 1. The Hall–Kier alpha value is -2.13. The number of aryl methyl sites for hydroxylation is 3. The Morgan fingerprint density at radius 1 is 1.04 bits per heavy atom. The zero-order chi connectivity index (χ0) is 16.8. The highest BCUT2D eigenvalue weighted by Crippen LogP contribution is 2.27.